The van der Waals surface area contributed by atoms with E-state index in [-0.39, 0.29) is 25.0 Å². The molecule has 0 aliphatic rings. The van der Waals surface area contributed by atoms with E-state index in [1.165, 1.54) is 12.1 Å². The number of benzene rings is 1. The van der Waals surface area contributed by atoms with Crippen LogP contribution >= 0.6 is 11.6 Å². The maximum Gasteiger partial charge on any atom is 0.328 e. The van der Waals surface area contributed by atoms with Crippen molar-refractivity contribution in [3.05, 3.63) is 34.9 Å². The number of carboxylic acids is 1. The number of esters is 1. The standard InChI is InChI=1S/C14H16ClFO4/c1-2-20-13(19)14(12(17)18,7-4-8-16)10-5-3-6-11(15)9-10/h3,5-6,9H,2,4,7-8H2,1H3,(H,17,18). The molecule has 0 saturated heterocycles. The SMILES string of the molecule is CCOC(=O)C(CCCF)(C(=O)O)c1cccc(Cl)c1. The Kier molecular flexibility index (Phi) is 5.95. The van der Waals surface area contributed by atoms with Crippen molar-refractivity contribution < 1.29 is 23.8 Å². The lowest BCUT2D eigenvalue weighted by Crippen LogP contribution is -2.45. The average Bonchev–Trinajstić information content (AvgIpc) is 2.39. The quantitative estimate of drug-likeness (QED) is 0.621. The fraction of sp³-hybridized carbons (Fsp3) is 0.429. The second kappa shape index (κ2) is 7.24. The van der Waals surface area contributed by atoms with Gasteiger partial charge in [0, 0.05) is 5.02 Å². The molecule has 1 atom stereocenters. The molecule has 0 fully saturated rings. The zero-order valence-electron chi connectivity index (χ0n) is 11.1. The molecule has 0 aliphatic carbocycles. The number of rotatable bonds is 7. The molecule has 110 valence electrons. The summed E-state index contributed by atoms with van der Waals surface area (Å²) >= 11 is 5.85. The number of hydrogen-bond donors (Lipinski definition) is 1. The van der Waals surface area contributed by atoms with Gasteiger partial charge >= 0.3 is 11.9 Å². The predicted molar refractivity (Wildman–Crippen MR) is 72.6 cm³/mol. The third-order valence-electron chi connectivity index (χ3n) is 2.99. The van der Waals surface area contributed by atoms with Crippen molar-refractivity contribution in [3.63, 3.8) is 0 Å². The third kappa shape index (κ3) is 3.28. The third-order valence-corrected chi connectivity index (χ3v) is 3.23. The van der Waals surface area contributed by atoms with Crippen LogP contribution in [0, 0.1) is 0 Å². The Morgan fingerprint density at radius 2 is 2.15 bits per heavy atom. The molecular formula is C14H16ClFO4. The van der Waals surface area contributed by atoms with Crippen LogP contribution in [-0.4, -0.2) is 30.3 Å². The van der Waals surface area contributed by atoms with Gasteiger partial charge in [-0.05, 0) is 37.5 Å². The predicted octanol–water partition coefficient (Wildman–Crippen LogP) is 2.98. The molecule has 0 amide bonds. The molecule has 0 radical (unpaired) electrons. The molecule has 0 heterocycles. The summed E-state index contributed by atoms with van der Waals surface area (Å²) in [4.78, 5) is 23.8. The number of halogens is 2. The normalized spacial score (nSPS) is 13.6. The lowest BCUT2D eigenvalue weighted by atomic mass is 9.76. The van der Waals surface area contributed by atoms with Gasteiger partial charge in [-0.25, -0.2) is 0 Å². The summed E-state index contributed by atoms with van der Waals surface area (Å²) in [6, 6.07) is 5.99. The Labute approximate surface area is 121 Å². The molecule has 6 heteroatoms. The number of carboxylic acid groups (broad SMARTS) is 1. The van der Waals surface area contributed by atoms with Crippen molar-refractivity contribution in [2.45, 2.75) is 25.2 Å². The van der Waals surface area contributed by atoms with Gasteiger partial charge in [0.15, 0.2) is 5.41 Å². The Bertz CT molecular complexity index is 492. The highest BCUT2D eigenvalue weighted by Crippen LogP contribution is 2.33. The summed E-state index contributed by atoms with van der Waals surface area (Å²) in [5.74, 6) is -2.27. The molecule has 0 aromatic heterocycles. The zero-order chi connectivity index (χ0) is 15.2. The summed E-state index contributed by atoms with van der Waals surface area (Å²) in [5.41, 5.74) is -1.73. The first-order chi connectivity index (χ1) is 9.48. The summed E-state index contributed by atoms with van der Waals surface area (Å²) in [6.45, 7) is 0.913. The fourth-order valence-corrected chi connectivity index (χ4v) is 2.21. The summed E-state index contributed by atoms with van der Waals surface area (Å²) in [6.07, 6.45) is -0.240. The van der Waals surface area contributed by atoms with Gasteiger partial charge in [-0.1, -0.05) is 23.7 Å². The Balaban J connectivity index is 3.36. The van der Waals surface area contributed by atoms with E-state index in [1.807, 2.05) is 0 Å². The van der Waals surface area contributed by atoms with Crippen molar-refractivity contribution in [1.29, 1.82) is 0 Å². The smallest absolute Gasteiger partial charge is 0.328 e. The lowest BCUT2D eigenvalue weighted by Gasteiger charge is -2.27. The molecule has 1 N–H and O–H groups in total. The first kappa shape index (κ1) is 16.4. The summed E-state index contributed by atoms with van der Waals surface area (Å²) < 4.78 is 17.3. The Hall–Kier alpha value is -1.62. The van der Waals surface area contributed by atoms with Crippen LogP contribution in [0.15, 0.2) is 24.3 Å². The number of hydrogen-bond acceptors (Lipinski definition) is 3. The lowest BCUT2D eigenvalue weighted by molar-refractivity contribution is -0.162. The Morgan fingerprint density at radius 1 is 1.45 bits per heavy atom. The van der Waals surface area contributed by atoms with Gasteiger partial charge in [0.05, 0.1) is 13.3 Å². The van der Waals surface area contributed by atoms with E-state index in [2.05, 4.69) is 0 Å². The molecule has 0 saturated carbocycles. The van der Waals surface area contributed by atoms with E-state index in [9.17, 15) is 19.1 Å². The fourth-order valence-electron chi connectivity index (χ4n) is 2.02. The van der Waals surface area contributed by atoms with Gasteiger partial charge < -0.3 is 9.84 Å². The maximum absolute atomic E-state index is 12.5. The molecule has 0 aliphatic heterocycles. The molecule has 4 nitrogen and oxygen atoms in total. The second-order valence-electron chi connectivity index (χ2n) is 4.23. The topological polar surface area (TPSA) is 63.6 Å². The van der Waals surface area contributed by atoms with Crippen LogP contribution in [0.25, 0.3) is 0 Å². The minimum Gasteiger partial charge on any atom is -0.480 e. The van der Waals surface area contributed by atoms with Crippen LogP contribution < -0.4 is 0 Å². The van der Waals surface area contributed by atoms with Crippen LogP contribution in [0.5, 0.6) is 0 Å². The molecule has 0 spiro atoms. The number of ether oxygens (including phenoxy) is 1. The number of carbonyl (C=O) groups excluding carboxylic acids is 1. The van der Waals surface area contributed by atoms with Crippen LogP contribution in [0.1, 0.15) is 25.3 Å². The highest BCUT2D eigenvalue weighted by atomic mass is 35.5. The van der Waals surface area contributed by atoms with Gasteiger partial charge in [0.25, 0.3) is 0 Å². The van der Waals surface area contributed by atoms with Crippen LogP contribution in [0.2, 0.25) is 5.02 Å². The Morgan fingerprint density at radius 3 is 2.65 bits per heavy atom. The van der Waals surface area contributed by atoms with Crippen molar-refractivity contribution in [2.24, 2.45) is 0 Å². The minimum absolute atomic E-state index is 0.0457. The molecule has 1 rings (SSSR count). The van der Waals surface area contributed by atoms with Crippen molar-refractivity contribution in [1.82, 2.24) is 0 Å². The summed E-state index contributed by atoms with van der Waals surface area (Å²) in [5, 5.41) is 9.83. The van der Waals surface area contributed by atoms with E-state index >= 15 is 0 Å². The van der Waals surface area contributed by atoms with Crippen molar-refractivity contribution >= 4 is 23.5 Å². The monoisotopic (exact) mass is 302 g/mol. The first-order valence-corrected chi connectivity index (χ1v) is 6.59. The van der Waals surface area contributed by atoms with Gasteiger partial charge in [0.2, 0.25) is 0 Å². The van der Waals surface area contributed by atoms with Gasteiger partial charge in [-0.3, -0.25) is 14.0 Å². The maximum atomic E-state index is 12.5. The van der Waals surface area contributed by atoms with Crippen LogP contribution in [-0.2, 0) is 19.7 Å². The van der Waals surface area contributed by atoms with E-state index in [1.54, 1.807) is 19.1 Å². The summed E-state index contributed by atoms with van der Waals surface area (Å²) in [7, 11) is 0. The van der Waals surface area contributed by atoms with Crippen LogP contribution in [0.4, 0.5) is 4.39 Å². The van der Waals surface area contributed by atoms with Crippen LogP contribution in [0.3, 0.4) is 0 Å². The molecule has 1 aromatic rings. The molecule has 20 heavy (non-hydrogen) atoms. The minimum atomic E-state index is -1.92. The number of carbonyl (C=O) groups is 2. The molecule has 1 unspecified atom stereocenters. The highest BCUT2D eigenvalue weighted by Gasteiger charge is 2.49. The number of alkyl halides is 1. The molecular weight excluding hydrogens is 287 g/mol. The van der Waals surface area contributed by atoms with Crippen molar-refractivity contribution in [3.8, 4) is 0 Å². The van der Waals surface area contributed by atoms with E-state index in [4.69, 9.17) is 16.3 Å². The van der Waals surface area contributed by atoms with Gasteiger partial charge in [0.1, 0.15) is 0 Å². The molecule has 1 aromatic carbocycles. The van der Waals surface area contributed by atoms with E-state index < -0.39 is 24.0 Å². The van der Waals surface area contributed by atoms with Crippen molar-refractivity contribution in [2.75, 3.05) is 13.3 Å². The first-order valence-electron chi connectivity index (χ1n) is 6.21. The zero-order valence-corrected chi connectivity index (χ0v) is 11.8. The van der Waals surface area contributed by atoms with E-state index in [0.717, 1.165) is 0 Å². The van der Waals surface area contributed by atoms with Gasteiger partial charge in [-0.15, -0.1) is 0 Å². The van der Waals surface area contributed by atoms with E-state index in [0.29, 0.717) is 5.02 Å². The average molecular weight is 303 g/mol. The number of aliphatic carboxylic acids is 1. The molecule has 0 bridgehead atoms. The highest BCUT2D eigenvalue weighted by molar-refractivity contribution is 6.30. The largest absolute Gasteiger partial charge is 0.480 e. The van der Waals surface area contributed by atoms with Gasteiger partial charge in [-0.2, -0.15) is 0 Å². The second-order valence-corrected chi connectivity index (χ2v) is 4.67.